The summed E-state index contributed by atoms with van der Waals surface area (Å²) in [7, 11) is 0. The fraction of sp³-hybridized carbons (Fsp3) is 0.136. The maximum Gasteiger partial charge on any atom is 0.288 e. The zero-order valence-electron chi connectivity index (χ0n) is 16.9. The van der Waals surface area contributed by atoms with Gasteiger partial charge in [0.25, 0.3) is 5.76 Å². The lowest BCUT2D eigenvalue weighted by atomic mass is 10.2. The maximum absolute atomic E-state index is 12.8. The Morgan fingerprint density at radius 1 is 1.09 bits per heavy atom. The third kappa shape index (κ3) is 5.03. The number of para-hydroxylation sites is 2. The van der Waals surface area contributed by atoms with E-state index < -0.39 is 5.76 Å². The molecular weight excluding hydrogens is 454 g/mol. The fourth-order valence-electron chi connectivity index (χ4n) is 3.05. The molecule has 4 rings (SSSR count). The number of hydrogen-bond donors (Lipinski definition) is 1. The predicted molar refractivity (Wildman–Crippen MR) is 121 cm³/mol. The predicted octanol–water partition coefficient (Wildman–Crippen LogP) is 5.88. The Hall–Kier alpha value is -3.11. The second-order valence-corrected chi connectivity index (χ2v) is 8.55. The number of amides is 1. The summed E-state index contributed by atoms with van der Waals surface area (Å²) in [5.41, 5.74) is 1.99. The monoisotopic (exact) mass is 472 g/mol. The lowest BCUT2D eigenvalue weighted by Gasteiger charge is -2.11. The normalized spacial score (nSPS) is 11.1. The van der Waals surface area contributed by atoms with Crippen LogP contribution in [0.1, 0.15) is 5.76 Å². The van der Waals surface area contributed by atoms with Crippen molar-refractivity contribution < 1.29 is 18.0 Å². The van der Waals surface area contributed by atoms with Gasteiger partial charge in [0.15, 0.2) is 11.0 Å². The summed E-state index contributed by atoms with van der Waals surface area (Å²) in [5.74, 6) is -1.57. The van der Waals surface area contributed by atoms with Gasteiger partial charge >= 0.3 is 0 Å². The van der Waals surface area contributed by atoms with Crippen LogP contribution in [0.5, 0.6) is 0 Å². The molecule has 0 fully saturated rings. The number of aryl methyl sites for hydroxylation is 1. The Balaban J connectivity index is 1.55. The van der Waals surface area contributed by atoms with E-state index in [1.54, 1.807) is 30.5 Å². The standard InChI is InChI=1S/C22H18F2N4O2S2/c1-14-16(11-12-30-14)20-26-27-22(28(20)15-7-3-2-4-8-15)31-13-19(29)25-17-9-5-6-10-18(17)32-21(23)24/h2-12,21H,13H2,1H3,(H,25,29). The first kappa shape index (κ1) is 22.1. The molecule has 4 aromatic rings. The van der Waals surface area contributed by atoms with Crippen molar-refractivity contribution in [2.24, 2.45) is 0 Å². The highest BCUT2D eigenvalue weighted by Gasteiger charge is 2.20. The van der Waals surface area contributed by atoms with Crippen molar-refractivity contribution in [2.75, 3.05) is 11.1 Å². The van der Waals surface area contributed by atoms with Gasteiger partial charge in [0, 0.05) is 10.6 Å². The largest absolute Gasteiger partial charge is 0.469 e. The summed E-state index contributed by atoms with van der Waals surface area (Å²) >= 11 is 1.60. The first-order chi connectivity index (χ1) is 15.5. The SMILES string of the molecule is Cc1occc1-c1nnc(SCC(=O)Nc2ccccc2SC(F)F)n1-c1ccccc1. The number of carbonyl (C=O) groups is 1. The quantitative estimate of drug-likeness (QED) is 0.323. The zero-order valence-corrected chi connectivity index (χ0v) is 18.5. The summed E-state index contributed by atoms with van der Waals surface area (Å²) in [6.45, 7) is 1.84. The fourth-order valence-corrected chi connectivity index (χ4v) is 4.40. The van der Waals surface area contributed by atoms with E-state index in [0.29, 0.717) is 39.1 Å². The summed E-state index contributed by atoms with van der Waals surface area (Å²) in [6, 6.07) is 17.9. The molecule has 2 heterocycles. The maximum atomic E-state index is 12.8. The van der Waals surface area contributed by atoms with Crippen molar-refractivity contribution in [2.45, 2.75) is 22.7 Å². The van der Waals surface area contributed by atoms with Crippen LogP contribution in [0.3, 0.4) is 0 Å². The van der Waals surface area contributed by atoms with Crippen molar-refractivity contribution in [1.29, 1.82) is 0 Å². The Labute approximate surface area is 191 Å². The van der Waals surface area contributed by atoms with Gasteiger partial charge in [0.05, 0.1) is 23.3 Å². The second kappa shape index (κ2) is 10.0. The van der Waals surface area contributed by atoms with E-state index in [1.165, 1.54) is 11.8 Å². The van der Waals surface area contributed by atoms with Crippen LogP contribution in [0, 0.1) is 6.92 Å². The minimum atomic E-state index is -2.57. The van der Waals surface area contributed by atoms with Crippen molar-refractivity contribution in [3.8, 4) is 17.1 Å². The van der Waals surface area contributed by atoms with E-state index in [0.717, 1.165) is 11.3 Å². The van der Waals surface area contributed by atoms with Gasteiger partial charge in [-0.1, -0.05) is 53.9 Å². The highest BCUT2D eigenvalue weighted by Crippen LogP contribution is 2.33. The summed E-state index contributed by atoms with van der Waals surface area (Å²) < 4.78 is 32.8. The molecule has 2 aromatic heterocycles. The van der Waals surface area contributed by atoms with Crippen LogP contribution in [0.4, 0.5) is 14.5 Å². The summed E-state index contributed by atoms with van der Waals surface area (Å²) in [5, 5.41) is 11.8. The van der Waals surface area contributed by atoms with Crippen LogP contribution in [-0.2, 0) is 4.79 Å². The number of halogens is 2. The number of benzene rings is 2. The Morgan fingerprint density at radius 3 is 2.56 bits per heavy atom. The smallest absolute Gasteiger partial charge is 0.288 e. The number of furan rings is 1. The third-order valence-corrected chi connectivity index (χ3v) is 6.17. The molecule has 0 saturated heterocycles. The summed E-state index contributed by atoms with van der Waals surface area (Å²) in [4.78, 5) is 12.9. The third-order valence-electron chi connectivity index (χ3n) is 4.46. The number of thioether (sulfide) groups is 2. The minimum absolute atomic E-state index is 0.0308. The first-order valence-electron chi connectivity index (χ1n) is 9.54. The molecular formula is C22H18F2N4O2S2. The molecule has 0 bridgehead atoms. The van der Waals surface area contributed by atoms with Crippen LogP contribution in [-0.4, -0.2) is 32.2 Å². The van der Waals surface area contributed by atoms with Gasteiger partial charge in [0.1, 0.15) is 5.76 Å². The Morgan fingerprint density at radius 2 is 1.84 bits per heavy atom. The molecule has 0 aliphatic carbocycles. The van der Waals surface area contributed by atoms with Crippen LogP contribution in [0.2, 0.25) is 0 Å². The molecule has 2 aromatic carbocycles. The lowest BCUT2D eigenvalue weighted by Crippen LogP contribution is -2.15. The highest BCUT2D eigenvalue weighted by atomic mass is 32.2. The van der Waals surface area contributed by atoms with E-state index in [-0.39, 0.29) is 11.7 Å². The molecule has 6 nitrogen and oxygen atoms in total. The highest BCUT2D eigenvalue weighted by molar-refractivity contribution is 8.00. The number of aromatic nitrogens is 3. The van der Waals surface area contributed by atoms with Gasteiger partial charge in [-0.05, 0) is 37.3 Å². The molecule has 0 radical (unpaired) electrons. The Kier molecular flexibility index (Phi) is 6.91. The van der Waals surface area contributed by atoms with Gasteiger partial charge in [0.2, 0.25) is 5.91 Å². The van der Waals surface area contributed by atoms with Gasteiger partial charge in [-0.2, -0.15) is 8.78 Å². The molecule has 164 valence electrons. The van der Waals surface area contributed by atoms with Crippen LogP contribution in [0.15, 0.2) is 81.4 Å². The number of hydrogen-bond acceptors (Lipinski definition) is 6. The number of nitrogens with zero attached hydrogens (tertiary/aromatic N) is 3. The number of anilines is 1. The van der Waals surface area contributed by atoms with Crippen molar-refractivity contribution in [1.82, 2.24) is 14.8 Å². The van der Waals surface area contributed by atoms with E-state index in [1.807, 2.05) is 47.9 Å². The average Bonchev–Trinajstić information content (AvgIpc) is 3.39. The number of carbonyl (C=O) groups excluding carboxylic acids is 1. The second-order valence-electron chi connectivity index (χ2n) is 6.58. The first-order valence-corrected chi connectivity index (χ1v) is 11.4. The lowest BCUT2D eigenvalue weighted by molar-refractivity contribution is -0.113. The van der Waals surface area contributed by atoms with Crippen molar-refractivity contribution >= 4 is 35.1 Å². The molecule has 0 saturated carbocycles. The van der Waals surface area contributed by atoms with Crippen molar-refractivity contribution in [3.05, 3.63) is 72.7 Å². The zero-order chi connectivity index (χ0) is 22.5. The molecule has 0 aliphatic rings. The van der Waals surface area contributed by atoms with Gasteiger partial charge in [-0.3, -0.25) is 9.36 Å². The minimum Gasteiger partial charge on any atom is -0.469 e. The average molecular weight is 473 g/mol. The Bertz CT molecular complexity index is 1210. The number of rotatable bonds is 8. The molecule has 1 N–H and O–H groups in total. The topological polar surface area (TPSA) is 72.9 Å². The molecule has 1 amide bonds. The summed E-state index contributed by atoms with van der Waals surface area (Å²) in [6.07, 6.45) is 1.59. The molecule has 0 aliphatic heterocycles. The number of nitrogens with one attached hydrogen (secondary N) is 1. The molecule has 10 heteroatoms. The van der Waals surface area contributed by atoms with Gasteiger partial charge in [-0.15, -0.1) is 10.2 Å². The molecule has 32 heavy (non-hydrogen) atoms. The van der Waals surface area contributed by atoms with E-state index >= 15 is 0 Å². The van der Waals surface area contributed by atoms with E-state index in [2.05, 4.69) is 15.5 Å². The van der Waals surface area contributed by atoms with Crippen LogP contribution in [0.25, 0.3) is 17.1 Å². The van der Waals surface area contributed by atoms with Crippen molar-refractivity contribution in [3.63, 3.8) is 0 Å². The molecule has 0 spiro atoms. The van der Waals surface area contributed by atoms with Gasteiger partial charge < -0.3 is 9.73 Å². The molecule has 0 unspecified atom stereocenters. The molecule has 0 atom stereocenters. The number of alkyl halides is 2. The van der Waals surface area contributed by atoms with E-state index in [9.17, 15) is 13.6 Å². The van der Waals surface area contributed by atoms with Crippen LogP contribution >= 0.6 is 23.5 Å². The van der Waals surface area contributed by atoms with E-state index in [4.69, 9.17) is 4.42 Å². The van der Waals surface area contributed by atoms with Gasteiger partial charge in [-0.25, -0.2) is 0 Å². The van der Waals surface area contributed by atoms with Crippen LogP contribution < -0.4 is 5.32 Å².